The van der Waals surface area contributed by atoms with Crippen LogP contribution in [0.4, 0.5) is 0 Å². The molecule has 4 nitrogen and oxygen atoms in total. The molecule has 2 aliphatic heterocycles. The van der Waals surface area contributed by atoms with E-state index in [1.54, 1.807) is 0 Å². The van der Waals surface area contributed by atoms with Gasteiger partial charge in [-0.2, -0.15) is 0 Å². The van der Waals surface area contributed by atoms with E-state index in [1.165, 1.54) is 25.7 Å². The third-order valence-electron chi connectivity index (χ3n) is 4.45. The highest BCUT2D eigenvalue weighted by Gasteiger charge is 2.26. The lowest BCUT2D eigenvalue weighted by atomic mass is 10.0. The first-order chi connectivity index (χ1) is 9.66. The van der Waals surface area contributed by atoms with Gasteiger partial charge in [0.05, 0.1) is 12.5 Å². The number of nitrogens with zero attached hydrogens (tertiary/aromatic N) is 1. The topological polar surface area (TPSA) is 41.6 Å². The van der Waals surface area contributed by atoms with Gasteiger partial charge < -0.3 is 15.0 Å². The molecule has 2 unspecified atom stereocenters. The van der Waals surface area contributed by atoms with Crippen molar-refractivity contribution in [2.75, 3.05) is 19.7 Å². The van der Waals surface area contributed by atoms with Crippen molar-refractivity contribution in [3.8, 4) is 0 Å². The molecule has 0 aromatic rings. The Kier molecular flexibility index (Phi) is 6.30. The fourth-order valence-corrected chi connectivity index (χ4v) is 3.20. The Hall–Kier alpha value is -0.610. The third kappa shape index (κ3) is 4.74. The fraction of sp³-hybridized carbons (Fsp3) is 0.938. The lowest BCUT2D eigenvalue weighted by Crippen LogP contribution is -2.49. The van der Waals surface area contributed by atoms with Gasteiger partial charge in [-0.1, -0.05) is 6.42 Å². The molecular weight excluding hydrogens is 252 g/mol. The van der Waals surface area contributed by atoms with Gasteiger partial charge in [-0.05, 0) is 52.5 Å². The van der Waals surface area contributed by atoms with E-state index in [4.69, 9.17) is 4.74 Å². The molecule has 116 valence electrons. The van der Waals surface area contributed by atoms with E-state index in [0.29, 0.717) is 12.5 Å². The van der Waals surface area contributed by atoms with Crippen molar-refractivity contribution >= 4 is 5.91 Å². The average Bonchev–Trinajstić information content (AvgIpc) is 2.46. The van der Waals surface area contributed by atoms with E-state index < -0.39 is 0 Å². The summed E-state index contributed by atoms with van der Waals surface area (Å²) in [4.78, 5) is 14.6. The highest BCUT2D eigenvalue weighted by Crippen LogP contribution is 2.18. The minimum atomic E-state index is 0.150. The molecule has 2 saturated heterocycles. The molecule has 0 spiro atoms. The van der Waals surface area contributed by atoms with E-state index in [-0.39, 0.29) is 18.1 Å². The van der Waals surface area contributed by atoms with Gasteiger partial charge in [-0.25, -0.2) is 0 Å². The smallest absolute Gasteiger partial charge is 0.225 e. The third-order valence-corrected chi connectivity index (χ3v) is 4.45. The van der Waals surface area contributed by atoms with E-state index in [9.17, 15) is 4.79 Å². The van der Waals surface area contributed by atoms with Crippen molar-refractivity contribution in [2.45, 2.75) is 77.0 Å². The first kappa shape index (κ1) is 15.8. The molecule has 0 aliphatic carbocycles. The minimum Gasteiger partial charge on any atom is -0.378 e. The van der Waals surface area contributed by atoms with Gasteiger partial charge in [0.25, 0.3) is 0 Å². The summed E-state index contributed by atoms with van der Waals surface area (Å²) in [5, 5.41) is 3.54. The van der Waals surface area contributed by atoms with Crippen LogP contribution < -0.4 is 5.32 Å². The van der Waals surface area contributed by atoms with Gasteiger partial charge in [0.2, 0.25) is 5.91 Å². The molecule has 0 aromatic heterocycles. The van der Waals surface area contributed by atoms with Crippen LogP contribution >= 0.6 is 0 Å². The second kappa shape index (κ2) is 7.99. The first-order valence-corrected chi connectivity index (χ1v) is 8.31. The van der Waals surface area contributed by atoms with E-state index in [1.807, 2.05) is 4.90 Å². The number of amides is 1. The summed E-state index contributed by atoms with van der Waals surface area (Å²) in [6, 6.07) is 0.747. The number of carbonyl (C=O) groups is 1. The van der Waals surface area contributed by atoms with Crippen molar-refractivity contribution in [1.29, 1.82) is 0 Å². The number of hydrogen-bond acceptors (Lipinski definition) is 3. The molecule has 4 heteroatoms. The maximum absolute atomic E-state index is 12.5. The maximum Gasteiger partial charge on any atom is 0.225 e. The SMILES string of the molecule is CC(C)N(CC1CCCCN1)C(=O)CC1CCCCO1. The monoisotopic (exact) mass is 282 g/mol. The quantitative estimate of drug-likeness (QED) is 0.841. The van der Waals surface area contributed by atoms with Crippen LogP contribution in [0, 0.1) is 0 Å². The Morgan fingerprint density at radius 2 is 2.05 bits per heavy atom. The van der Waals surface area contributed by atoms with Crippen molar-refractivity contribution in [3.63, 3.8) is 0 Å². The molecule has 2 aliphatic rings. The zero-order chi connectivity index (χ0) is 14.4. The van der Waals surface area contributed by atoms with Gasteiger partial charge in [-0.3, -0.25) is 4.79 Å². The zero-order valence-corrected chi connectivity index (χ0v) is 13.1. The van der Waals surface area contributed by atoms with E-state index in [0.717, 1.165) is 32.5 Å². The van der Waals surface area contributed by atoms with Crippen molar-refractivity contribution in [2.24, 2.45) is 0 Å². The van der Waals surface area contributed by atoms with E-state index >= 15 is 0 Å². The highest BCUT2D eigenvalue weighted by atomic mass is 16.5. The summed E-state index contributed by atoms with van der Waals surface area (Å²) in [5.74, 6) is 0.263. The summed E-state index contributed by atoms with van der Waals surface area (Å²) < 4.78 is 5.71. The second-order valence-corrected chi connectivity index (χ2v) is 6.48. The molecular formula is C16H30N2O2. The fourth-order valence-electron chi connectivity index (χ4n) is 3.20. The molecule has 20 heavy (non-hydrogen) atoms. The number of hydrogen-bond donors (Lipinski definition) is 1. The molecule has 2 fully saturated rings. The number of piperidine rings is 1. The normalized spacial score (nSPS) is 27.6. The molecule has 0 saturated carbocycles. The molecule has 0 bridgehead atoms. The van der Waals surface area contributed by atoms with Crippen LogP contribution in [0.2, 0.25) is 0 Å². The maximum atomic E-state index is 12.5. The van der Waals surface area contributed by atoms with Gasteiger partial charge in [0.15, 0.2) is 0 Å². The largest absolute Gasteiger partial charge is 0.378 e. The van der Waals surface area contributed by atoms with Crippen molar-refractivity contribution < 1.29 is 9.53 Å². The predicted molar refractivity (Wildman–Crippen MR) is 80.7 cm³/mol. The van der Waals surface area contributed by atoms with Crippen LogP contribution in [0.15, 0.2) is 0 Å². The number of rotatable bonds is 5. The Bertz CT molecular complexity index is 295. The molecule has 2 heterocycles. The van der Waals surface area contributed by atoms with Gasteiger partial charge in [-0.15, -0.1) is 0 Å². The molecule has 0 radical (unpaired) electrons. The summed E-state index contributed by atoms with van der Waals surface area (Å²) in [7, 11) is 0. The summed E-state index contributed by atoms with van der Waals surface area (Å²) in [6.07, 6.45) is 7.83. The summed E-state index contributed by atoms with van der Waals surface area (Å²) >= 11 is 0. The zero-order valence-electron chi connectivity index (χ0n) is 13.1. The lowest BCUT2D eigenvalue weighted by molar-refractivity contribution is -0.137. The average molecular weight is 282 g/mol. The molecule has 2 rings (SSSR count). The Labute approximate surface area is 123 Å². The summed E-state index contributed by atoms with van der Waals surface area (Å²) in [5.41, 5.74) is 0. The van der Waals surface area contributed by atoms with E-state index in [2.05, 4.69) is 19.2 Å². The lowest BCUT2D eigenvalue weighted by Gasteiger charge is -2.34. The Morgan fingerprint density at radius 1 is 1.25 bits per heavy atom. The standard InChI is InChI=1S/C16H30N2O2/c1-13(2)18(12-14-7-3-5-9-17-14)16(19)11-15-8-4-6-10-20-15/h13-15,17H,3-12H2,1-2H3. The van der Waals surface area contributed by atoms with Gasteiger partial charge >= 0.3 is 0 Å². The summed E-state index contributed by atoms with van der Waals surface area (Å²) in [6.45, 7) is 6.99. The highest BCUT2D eigenvalue weighted by molar-refractivity contribution is 5.77. The van der Waals surface area contributed by atoms with Crippen LogP contribution in [0.1, 0.15) is 58.8 Å². The molecule has 0 aromatic carbocycles. The van der Waals surface area contributed by atoms with Crippen LogP contribution in [0.25, 0.3) is 0 Å². The van der Waals surface area contributed by atoms with Crippen molar-refractivity contribution in [3.05, 3.63) is 0 Å². The minimum absolute atomic E-state index is 0.150. The predicted octanol–water partition coefficient (Wildman–Crippen LogP) is 2.32. The molecule has 1 N–H and O–H groups in total. The van der Waals surface area contributed by atoms with Crippen LogP contribution in [0.3, 0.4) is 0 Å². The van der Waals surface area contributed by atoms with Gasteiger partial charge in [0, 0.05) is 25.2 Å². The number of nitrogens with one attached hydrogen (secondary N) is 1. The van der Waals surface area contributed by atoms with Gasteiger partial charge in [0.1, 0.15) is 0 Å². The van der Waals surface area contributed by atoms with Crippen LogP contribution in [0.5, 0.6) is 0 Å². The molecule has 2 atom stereocenters. The van der Waals surface area contributed by atoms with Crippen LogP contribution in [-0.2, 0) is 9.53 Å². The first-order valence-electron chi connectivity index (χ1n) is 8.31. The Balaban J connectivity index is 1.84. The number of carbonyl (C=O) groups excluding carboxylic acids is 1. The second-order valence-electron chi connectivity index (χ2n) is 6.48. The van der Waals surface area contributed by atoms with Crippen LogP contribution in [-0.4, -0.2) is 48.7 Å². The Morgan fingerprint density at radius 3 is 2.65 bits per heavy atom. The molecule has 1 amide bonds. The van der Waals surface area contributed by atoms with Crippen molar-refractivity contribution in [1.82, 2.24) is 10.2 Å². The number of ether oxygens (including phenoxy) is 1.